The van der Waals surface area contributed by atoms with Gasteiger partial charge in [0.15, 0.2) is 0 Å². The van der Waals surface area contributed by atoms with Crippen LogP contribution < -0.4 is 0 Å². The summed E-state index contributed by atoms with van der Waals surface area (Å²) in [5, 5.41) is 0. The summed E-state index contributed by atoms with van der Waals surface area (Å²) in [5.74, 6) is 0. The molecule has 0 spiro atoms. The van der Waals surface area contributed by atoms with Gasteiger partial charge in [-0.25, -0.2) is 0 Å². The normalized spacial score (nSPS) is 16.5. The van der Waals surface area contributed by atoms with Gasteiger partial charge in [-0.05, 0) is 21.0 Å². The molecule has 15 heavy (non-hydrogen) atoms. The van der Waals surface area contributed by atoms with Gasteiger partial charge in [0.2, 0.25) is 0 Å². The summed E-state index contributed by atoms with van der Waals surface area (Å²) < 4.78 is 4.31. The molecule has 9 atom stereocenters. The highest BCUT2D eigenvalue weighted by Gasteiger charge is 2.33. The maximum atomic E-state index is 5.03. The van der Waals surface area contributed by atoms with Crippen LogP contribution in [0.1, 0.15) is 0 Å². The largest absolute Gasteiger partial charge is 0.185 e. The van der Waals surface area contributed by atoms with Crippen LogP contribution in [0.25, 0.3) is 0 Å². The summed E-state index contributed by atoms with van der Waals surface area (Å²) in [4.78, 5) is 0. The van der Waals surface area contributed by atoms with Gasteiger partial charge in [-0.1, -0.05) is 8.93 Å². The summed E-state index contributed by atoms with van der Waals surface area (Å²) in [6, 6.07) is 0. The van der Waals surface area contributed by atoms with Crippen LogP contribution in [0, 0.1) is 0 Å². The second-order valence-corrected chi connectivity index (χ2v) is 51.4. The lowest BCUT2D eigenvalue weighted by molar-refractivity contribution is 2.10. The van der Waals surface area contributed by atoms with E-state index in [-0.39, 0.29) is 42.4 Å². The summed E-state index contributed by atoms with van der Waals surface area (Å²) >= 11 is 5.03. The van der Waals surface area contributed by atoms with Crippen molar-refractivity contribution < 1.29 is 0 Å². The molecule has 15 heteroatoms. The summed E-state index contributed by atoms with van der Waals surface area (Å²) in [6.45, 7) is -0.313. The zero-order valence-corrected chi connectivity index (χ0v) is 21.8. The Labute approximate surface area is 121 Å². The molecular weight excluding hydrogens is 449 g/mol. The second-order valence-electron chi connectivity index (χ2n) is 2.08. The molecule has 0 fully saturated rings. The maximum absolute atomic E-state index is 5.03. The van der Waals surface area contributed by atoms with Crippen molar-refractivity contribution in [1.29, 1.82) is 0 Å². The molecule has 0 heterocycles. The first-order valence-electron chi connectivity index (χ1n) is 3.19. The van der Waals surface area contributed by atoms with Gasteiger partial charge in [-0.3, -0.25) is 0 Å². The van der Waals surface area contributed by atoms with E-state index in [4.69, 9.17) is 12.4 Å². The van der Waals surface area contributed by atoms with Crippen molar-refractivity contribution in [2.45, 2.75) is 0 Å². The summed E-state index contributed by atoms with van der Waals surface area (Å²) in [7, 11) is 20.4. The Bertz CT molecular complexity index is 179. The predicted octanol–water partition coefficient (Wildman–Crippen LogP) is 7.63. The van der Waals surface area contributed by atoms with E-state index in [9.17, 15) is 0 Å². The van der Waals surface area contributed by atoms with E-state index in [0.29, 0.717) is 0 Å². The van der Waals surface area contributed by atoms with Gasteiger partial charge in [0.05, 0.1) is 7.45 Å². The fraction of sp³-hybridized carbons (Fsp3) is 0. The van der Waals surface area contributed by atoms with E-state index >= 15 is 0 Å². The standard InChI is InChI=1S/H14NP13S/c2-10(3)13(8)9(1-15)14(11(4)5)12(6)7/h2-8H2. The van der Waals surface area contributed by atoms with Crippen LogP contribution in [0.3, 0.4) is 0 Å². The van der Waals surface area contributed by atoms with Gasteiger partial charge in [-0.2, -0.15) is 4.13 Å². The predicted molar refractivity (Wildman–Crippen MR) is 119 cm³/mol. The van der Waals surface area contributed by atoms with Gasteiger partial charge in [0, 0.05) is 26.4 Å². The molecule has 9 unspecified atom stereocenters. The van der Waals surface area contributed by atoms with E-state index in [1.165, 1.54) is 0 Å². The third kappa shape index (κ3) is 7.98. The van der Waals surface area contributed by atoms with Crippen LogP contribution in [0.15, 0.2) is 4.13 Å². The van der Waals surface area contributed by atoms with E-state index in [0.717, 1.165) is 0 Å². The molecule has 0 aromatic rings. The molecule has 0 bridgehead atoms. The molecule has 0 aromatic heterocycles. The van der Waals surface area contributed by atoms with Crippen molar-refractivity contribution in [2.24, 2.45) is 4.13 Å². The zero-order valence-electron chi connectivity index (χ0n) is 7.58. The second kappa shape index (κ2) is 11.2. The molecule has 0 radical (unpaired) electrons. The molecule has 1 nitrogen and oxygen atoms in total. The Kier molecular flexibility index (Phi) is 15.4. The van der Waals surface area contributed by atoms with Crippen LogP contribution in [0.2, 0.25) is 0 Å². The number of hydrogen-bond acceptors (Lipinski definition) is 2. The smallest absolute Gasteiger partial charge is 0.0977 e. The highest BCUT2D eigenvalue weighted by Crippen LogP contribution is 3.17. The van der Waals surface area contributed by atoms with Crippen molar-refractivity contribution >= 4 is 117 Å². The van der Waals surface area contributed by atoms with Crippen LogP contribution in [0.4, 0.5) is 0 Å². The molecular formula is H14NP13S. The van der Waals surface area contributed by atoms with Crippen molar-refractivity contribution in [3.05, 3.63) is 0 Å². The molecule has 0 saturated carbocycles. The van der Waals surface area contributed by atoms with Gasteiger partial charge in [0.25, 0.3) is 0 Å². The highest BCUT2D eigenvalue weighted by molar-refractivity contribution is 9.20. The van der Waals surface area contributed by atoms with Crippen molar-refractivity contribution in [3.8, 4) is 0 Å². The van der Waals surface area contributed by atoms with E-state index in [1.807, 2.05) is 0 Å². The first kappa shape index (κ1) is 20.6. The monoisotopic (exact) mass is 463 g/mol. The number of nitrogens with zero attached hydrogens (tertiary/aromatic N) is 1. The molecule has 0 aliphatic heterocycles. The van der Waals surface area contributed by atoms with E-state index in [2.05, 4.69) is 66.6 Å². The number of rotatable bonds is 6. The third-order valence-corrected chi connectivity index (χ3v) is 73.1. The summed E-state index contributed by atoms with van der Waals surface area (Å²) in [5.41, 5.74) is 0. The van der Waals surface area contributed by atoms with Gasteiger partial charge >= 0.3 is 0 Å². The van der Waals surface area contributed by atoms with Crippen LogP contribution in [0.5, 0.6) is 0 Å². The average molecular weight is 463 g/mol. The molecule has 0 aromatic carbocycles. The SMILES string of the molecule is PP(P)P(P)P(N=S)P(P(P)P)P(P)P. The first-order valence-corrected chi connectivity index (χ1v) is 26.4. The average Bonchev–Trinajstić information content (AvgIpc) is 2.10. The molecule has 0 N–H and O–H groups in total. The Morgan fingerprint density at radius 2 is 1.13 bits per heavy atom. The molecule has 0 rings (SSSR count). The third-order valence-electron chi connectivity index (χ3n) is 1.07. The van der Waals surface area contributed by atoms with Gasteiger partial charge in [0.1, 0.15) is 0 Å². The Morgan fingerprint density at radius 3 is 1.33 bits per heavy atom. The fourth-order valence-corrected chi connectivity index (χ4v) is 99.5. The van der Waals surface area contributed by atoms with E-state index in [1.54, 1.807) is 0 Å². The Balaban J connectivity index is 4.81. The molecule has 0 saturated heterocycles. The molecule has 90 valence electrons. The van der Waals surface area contributed by atoms with Gasteiger partial charge in [-0.15, -0.1) is 53.6 Å². The highest BCUT2D eigenvalue weighted by atomic mass is 33.2. The number of hydrogen-bond donors (Lipinski definition) is 0. The first-order chi connectivity index (χ1) is 6.82. The van der Waals surface area contributed by atoms with Gasteiger partial charge < -0.3 is 0 Å². The quantitative estimate of drug-likeness (QED) is 0.370. The van der Waals surface area contributed by atoms with Crippen LogP contribution in [-0.4, -0.2) is 0 Å². The maximum Gasteiger partial charge on any atom is 0.0977 e. The lowest BCUT2D eigenvalue weighted by atomic mass is 13.9. The van der Waals surface area contributed by atoms with Crippen molar-refractivity contribution in [2.75, 3.05) is 0 Å². The minimum Gasteiger partial charge on any atom is -0.185 e. The molecule has 0 aliphatic carbocycles. The fourth-order valence-electron chi connectivity index (χ4n) is 0.548. The lowest BCUT2D eigenvalue weighted by Crippen LogP contribution is -1.53. The summed E-state index contributed by atoms with van der Waals surface area (Å²) in [6.07, 6.45) is 0. The zero-order chi connectivity index (χ0) is 12.2. The van der Waals surface area contributed by atoms with E-state index < -0.39 is 0 Å². The van der Waals surface area contributed by atoms with Crippen molar-refractivity contribution in [1.82, 2.24) is 0 Å². The van der Waals surface area contributed by atoms with Crippen molar-refractivity contribution in [3.63, 3.8) is 0 Å². The Morgan fingerprint density at radius 1 is 0.733 bits per heavy atom. The Hall–Kier alpha value is 5.61. The molecule has 0 aliphatic rings. The van der Waals surface area contributed by atoms with Crippen LogP contribution >= 0.6 is 105 Å². The minimum atomic E-state index is -0.308. The molecule has 0 amide bonds. The lowest BCUT2D eigenvalue weighted by Gasteiger charge is -2.34. The van der Waals surface area contributed by atoms with Crippen LogP contribution in [-0.2, 0) is 12.4 Å². The minimum absolute atomic E-state index is 0.0411. The topological polar surface area (TPSA) is 12.4 Å².